The summed E-state index contributed by atoms with van der Waals surface area (Å²) < 4.78 is 2.10. The molecule has 2 aliphatic rings. The zero-order valence-corrected chi connectivity index (χ0v) is 20.2. The molecule has 1 aromatic heterocycles. The second-order valence-electron chi connectivity index (χ2n) is 9.51. The summed E-state index contributed by atoms with van der Waals surface area (Å²) in [6.07, 6.45) is 3.90. The fourth-order valence-corrected chi connectivity index (χ4v) is 5.40. The average Bonchev–Trinajstić information content (AvgIpc) is 3.55. The van der Waals surface area contributed by atoms with E-state index in [0.29, 0.717) is 5.02 Å². The van der Waals surface area contributed by atoms with Crippen LogP contribution >= 0.6 is 11.6 Å². The molecule has 6 nitrogen and oxygen atoms in total. The number of hydrogen-bond donors (Lipinski definition) is 0. The van der Waals surface area contributed by atoms with Crippen LogP contribution in [0.5, 0.6) is 0 Å². The molecule has 1 saturated carbocycles. The number of carbonyl (C=O) groups is 1. The largest absolute Gasteiger partial charge is 0.371 e. The van der Waals surface area contributed by atoms with E-state index in [1.807, 2.05) is 39.3 Å². The molecule has 1 aliphatic carbocycles. The molecule has 172 valence electrons. The van der Waals surface area contributed by atoms with Gasteiger partial charge in [0.2, 0.25) is 5.91 Å². The van der Waals surface area contributed by atoms with Crippen LogP contribution in [0.25, 0.3) is 11.4 Å². The average molecular weight is 464 g/mol. The quantitative estimate of drug-likeness (QED) is 0.558. The molecule has 2 fully saturated rings. The third kappa shape index (κ3) is 3.90. The molecule has 33 heavy (non-hydrogen) atoms. The molecule has 1 saturated heterocycles. The third-order valence-electron chi connectivity index (χ3n) is 7.22. The van der Waals surface area contributed by atoms with Crippen molar-refractivity contribution in [1.29, 1.82) is 0 Å². The molecule has 2 aromatic carbocycles. The number of anilines is 1. The zero-order chi connectivity index (χ0) is 23.2. The topological polar surface area (TPSA) is 54.3 Å². The van der Waals surface area contributed by atoms with E-state index >= 15 is 0 Å². The molecule has 5 rings (SSSR count). The lowest BCUT2D eigenvalue weighted by Gasteiger charge is -2.34. The van der Waals surface area contributed by atoms with Gasteiger partial charge in [0.1, 0.15) is 5.82 Å². The van der Waals surface area contributed by atoms with Gasteiger partial charge in [-0.1, -0.05) is 41.9 Å². The van der Waals surface area contributed by atoms with E-state index in [2.05, 4.69) is 50.0 Å². The second-order valence-corrected chi connectivity index (χ2v) is 9.92. The lowest BCUT2D eigenvalue weighted by Crippen LogP contribution is -2.40. The lowest BCUT2D eigenvalue weighted by molar-refractivity contribution is -0.133. The standard InChI is InChI=1S/C26H30ClN5O/c1-30(2)24(33)18-11-15-32(16-12-18)20-9-10-21(22(27)17-20)23-28-29-25(31(23)3)26(13-14-26)19-7-5-4-6-8-19/h4-10,17-18H,11-16H2,1-3H3. The maximum absolute atomic E-state index is 12.3. The minimum atomic E-state index is -0.0397. The van der Waals surface area contributed by atoms with Crippen LogP contribution in [0.1, 0.15) is 37.1 Å². The van der Waals surface area contributed by atoms with Crippen molar-refractivity contribution in [3.05, 3.63) is 64.9 Å². The van der Waals surface area contributed by atoms with Crippen LogP contribution in [0.3, 0.4) is 0 Å². The lowest BCUT2D eigenvalue weighted by atomic mass is 9.95. The first-order valence-electron chi connectivity index (χ1n) is 11.6. The molecule has 0 atom stereocenters. The van der Waals surface area contributed by atoms with Crippen LogP contribution in [-0.2, 0) is 17.3 Å². The molecule has 2 heterocycles. The smallest absolute Gasteiger partial charge is 0.225 e. The fourth-order valence-electron chi connectivity index (χ4n) is 5.14. The van der Waals surface area contributed by atoms with Crippen molar-refractivity contribution in [2.24, 2.45) is 13.0 Å². The van der Waals surface area contributed by atoms with Gasteiger partial charge in [0.25, 0.3) is 0 Å². The maximum Gasteiger partial charge on any atom is 0.225 e. The zero-order valence-electron chi connectivity index (χ0n) is 19.5. The molecule has 0 N–H and O–H groups in total. The van der Waals surface area contributed by atoms with Crippen molar-refractivity contribution >= 4 is 23.2 Å². The Morgan fingerprint density at radius 3 is 2.36 bits per heavy atom. The third-order valence-corrected chi connectivity index (χ3v) is 7.54. The van der Waals surface area contributed by atoms with E-state index in [-0.39, 0.29) is 17.2 Å². The Hall–Kier alpha value is -2.86. The number of nitrogens with zero attached hydrogens (tertiary/aromatic N) is 5. The number of amides is 1. The van der Waals surface area contributed by atoms with Crippen molar-refractivity contribution < 1.29 is 4.79 Å². The number of rotatable bonds is 5. The van der Waals surface area contributed by atoms with Crippen LogP contribution in [-0.4, -0.2) is 52.8 Å². The minimum absolute atomic E-state index is 0.0397. The monoisotopic (exact) mass is 463 g/mol. The Labute approximate surface area is 200 Å². The predicted molar refractivity (Wildman–Crippen MR) is 132 cm³/mol. The van der Waals surface area contributed by atoms with Crippen LogP contribution in [0.2, 0.25) is 5.02 Å². The summed E-state index contributed by atoms with van der Waals surface area (Å²) >= 11 is 6.76. The predicted octanol–water partition coefficient (Wildman–Crippen LogP) is 4.52. The summed E-state index contributed by atoms with van der Waals surface area (Å²) in [7, 11) is 5.69. The Morgan fingerprint density at radius 1 is 1.06 bits per heavy atom. The molecule has 3 aromatic rings. The summed E-state index contributed by atoms with van der Waals surface area (Å²) in [6, 6.07) is 16.7. The highest BCUT2D eigenvalue weighted by Gasteiger charge is 2.49. The Balaban J connectivity index is 1.36. The van der Waals surface area contributed by atoms with Gasteiger partial charge in [-0.3, -0.25) is 4.79 Å². The maximum atomic E-state index is 12.3. The summed E-state index contributed by atoms with van der Waals surface area (Å²) in [5.74, 6) is 2.13. The molecule has 0 bridgehead atoms. The van der Waals surface area contributed by atoms with Crippen molar-refractivity contribution in [2.75, 3.05) is 32.1 Å². The van der Waals surface area contributed by atoms with Gasteiger partial charge in [0, 0.05) is 51.4 Å². The highest BCUT2D eigenvalue weighted by atomic mass is 35.5. The second kappa shape index (κ2) is 8.49. The van der Waals surface area contributed by atoms with Crippen LogP contribution in [0, 0.1) is 5.92 Å². The van der Waals surface area contributed by atoms with Crippen LogP contribution in [0.4, 0.5) is 5.69 Å². The molecule has 0 spiro atoms. The highest BCUT2D eigenvalue weighted by molar-refractivity contribution is 6.33. The highest BCUT2D eigenvalue weighted by Crippen LogP contribution is 2.53. The van der Waals surface area contributed by atoms with E-state index in [1.165, 1.54) is 5.56 Å². The van der Waals surface area contributed by atoms with E-state index in [9.17, 15) is 4.79 Å². The summed E-state index contributed by atoms with van der Waals surface area (Å²) in [4.78, 5) is 16.3. The summed E-state index contributed by atoms with van der Waals surface area (Å²) in [5.41, 5.74) is 3.24. The molecule has 0 radical (unpaired) electrons. The van der Waals surface area contributed by atoms with Crippen molar-refractivity contribution in [3.63, 3.8) is 0 Å². The van der Waals surface area contributed by atoms with Crippen LogP contribution < -0.4 is 4.90 Å². The van der Waals surface area contributed by atoms with Crippen molar-refractivity contribution in [2.45, 2.75) is 31.1 Å². The number of benzene rings is 2. The normalized spacial score (nSPS) is 17.8. The Bertz CT molecular complexity index is 1160. The van der Waals surface area contributed by atoms with Gasteiger partial charge in [-0.05, 0) is 49.4 Å². The van der Waals surface area contributed by atoms with Gasteiger partial charge >= 0.3 is 0 Å². The number of hydrogen-bond acceptors (Lipinski definition) is 4. The van der Waals surface area contributed by atoms with Crippen LogP contribution in [0.15, 0.2) is 48.5 Å². The molecular formula is C26H30ClN5O. The van der Waals surface area contributed by atoms with Gasteiger partial charge in [-0.25, -0.2) is 0 Å². The van der Waals surface area contributed by atoms with E-state index < -0.39 is 0 Å². The Morgan fingerprint density at radius 2 is 1.76 bits per heavy atom. The minimum Gasteiger partial charge on any atom is -0.371 e. The number of carbonyl (C=O) groups excluding carboxylic acids is 1. The number of halogens is 1. The molecule has 1 aliphatic heterocycles. The van der Waals surface area contributed by atoms with Gasteiger partial charge in [0.15, 0.2) is 5.82 Å². The first-order valence-corrected chi connectivity index (χ1v) is 12.0. The fraction of sp³-hybridized carbons (Fsp3) is 0.423. The molecular weight excluding hydrogens is 434 g/mol. The molecule has 0 unspecified atom stereocenters. The van der Waals surface area contributed by atoms with E-state index in [1.54, 1.807) is 4.90 Å². The number of aromatic nitrogens is 3. The van der Waals surface area contributed by atoms with E-state index in [0.717, 1.165) is 61.7 Å². The first kappa shape index (κ1) is 22.0. The molecule has 7 heteroatoms. The summed E-state index contributed by atoms with van der Waals surface area (Å²) in [6.45, 7) is 1.71. The van der Waals surface area contributed by atoms with Gasteiger partial charge in [-0.15, -0.1) is 10.2 Å². The SMILES string of the molecule is CN(C)C(=O)C1CCN(c2ccc(-c3nnc(C4(c5ccccc5)CC4)n3C)c(Cl)c2)CC1. The van der Waals surface area contributed by atoms with Gasteiger partial charge in [0.05, 0.1) is 10.4 Å². The first-order chi connectivity index (χ1) is 15.9. The van der Waals surface area contributed by atoms with E-state index in [4.69, 9.17) is 11.6 Å². The summed E-state index contributed by atoms with van der Waals surface area (Å²) in [5, 5.41) is 9.81. The van der Waals surface area contributed by atoms with Gasteiger partial charge in [-0.2, -0.15) is 0 Å². The van der Waals surface area contributed by atoms with Crippen molar-refractivity contribution in [1.82, 2.24) is 19.7 Å². The molecule has 1 amide bonds. The van der Waals surface area contributed by atoms with Crippen molar-refractivity contribution in [3.8, 4) is 11.4 Å². The van der Waals surface area contributed by atoms with Gasteiger partial charge < -0.3 is 14.4 Å². The Kier molecular flexibility index (Phi) is 5.65. The number of piperidine rings is 1.